The summed E-state index contributed by atoms with van der Waals surface area (Å²) in [4.78, 5) is 15.3. The third-order valence-corrected chi connectivity index (χ3v) is 2.74. The number of amides is 1. The number of hydrogen-bond acceptors (Lipinski definition) is 4. The third-order valence-electron chi connectivity index (χ3n) is 2.43. The summed E-state index contributed by atoms with van der Waals surface area (Å²) < 4.78 is 5.54. The Balaban J connectivity index is 2.43. The van der Waals surface area contributed by atoms with Crippen LogP contribution in [0.4, 0.5) is 5.69 Å². The van der Waals surface area contributed by atoms with Crippen LogP contribution in [0.1, 0.15) is 15.9 Å². The van der Waals surface area contributed by atoms with Gasteiger partial charge in [-0.3, -0.25) is 4.79 Å². The van der Waals surface area contributed by atoms with Crippen LogP contribution in [-0.4, -0.2) is 10.9 Å². The van der Waals surface area contributed by atoms with Crippen LogP contribution in [0.3, 0.4) is 0 Å². The molecule has 1 aromatic carbocycles. The predicted octanol–water partition coefficient (Wildman–Crippen LogP) is 2.52. The van der Waals surface area contributed by atoms with Crippen LogP contribution in [0, 0.1) is 6.92 Å². The molecule has 0 saturated heterocycles. The number of rotatable bonds is 3. The number of benzene rings is 1. The van der Waals surface area contributed by atoms with Gasteiger partial charge >= 0.3 is 0 Å². The van der Waals surface area contributed by atoms with Gasteiger partial charge < -0.3 is 16.2 Å². The summed E-state index contributed by atoms with van der Waals surface area (Å²) >= 11 is 6.02. The van der Waals surface area contributed by atoms with Gasteiger partial charge in [-0.25, -0.2) is 4.98 Å². The second-order valence-corrected chi connectivity index (χ2v) is 4.43. The average Bonchev–Trinajstić information content (AvgIpc) is 2.35. The molecule has 0 aliphatic heterocycles. The maximum Gasteiger partial charge on any atom is 0.254 e. The van der Waals surface area contributed by atoms with Crippen molar-refractivity contribution in [3.8, 4) is 11.6 Å². The van der Waals surface area contributed by atoms with E-state index in [0.29, 0.717) is 16.5 Å². The number of carbonyl (C=O) groups is 1. The molecule has 6 heteroatoms. The zero-order chi connectivity index (χ0) is 14.0. The molecule has 19 heavy (non-hydrogen) atoms. The second kappa shape index (κ2) is 5.16. The molecule has 1 amide bonds. The van der Waals surface area contributed by atoms with E-state index in [9.17, 15) is 4.79 Å². The number of aryl methyl sites for hydroxylation is 1. The Morgan fingerprint density at radius 1 is 1.37 bits per heavy atom. The number of hydrogen-bond donors (Lipinski definition) is 2. The van der Waals surface area contributed by atoms with E-state index < -0.39 is 5.91 Å². The highest BCUT2D eigenvalue weighted by atomic mass is 35.5. The monoisotopic (exact) mass is 277 g/mol. The number of nitrogens with zero attached hydrogens (tertiary/aromatic N) is 1. The number of nitrogen functional groups attached to an aromatic ring is 1. The lowest BCUT2D eigenvalue weighted by atomic mass is 10.2. The van der Waals surface area contributed by atoms with E-state index in [2.05, 4.69) is 4.98 Å². The molecule has 0 fully saturated rings. The number of pyridine rings is 1. The van der Waals surface area contributed by atoms with Crippen molar-refractivity contribution in [1.82, 2.24) is 4.98 Å². The van der Waals surface area contributed by atoms with Crippen LogP contribution in [0.5, 0.6) is 11.6 Å². The lowest BCUT2D eigenvalue weighted by Crippen LogP contribution is -2.13. The van der Waals surface area contributed by atoms with Gasteiger partial charge in [-0.1, -0.05) is 17.7 Å². The van der Waals surface area contributed by atoms with Gasteiger partial charge in [0.15, 0.2) is 0 Å². The van der Waals surface area contributed by atoms with Crippen molar-refractivity contribution in [3.63, 3.8) is 0 Å². The van der Waals surface area contributed by atoms with Crippen molar-refractivity contribution >= 4 is 23.2 Å². The minimum atomic E-state index is -0.668. The normalized spacial score (nSPS) is 10.2. The van der Waals surface area contributed by atoms with Crippen LogP contribution >= 0.6 is 11.6 Å². The molecule has 0 unspecified atom stereocenters. The van der Waals surface area contributed by atoms with Gasteiger partial charge in [-0.2, -0.15) is 0 Å². The number of ether oxygens (including phenoxy) is 1. The van der Waals surface area contributed by atoms with Crippen molar-refractivity contribution in [2.45, 2.75) is 6.92 Å². The van der Waals surface area contributed by atoms with E-state index in [1.165, 1.54) is 12.3 Å². The first-order valence-corrected chi connectivity index (χ1v) is 5.84. The molecule has 0 atom stereocenters. The van der Waals surface area contributed by atoms with E-state index in [-0.39, 0.29) is 11.4 Å². The SMILES string of the molecule is Cc1ccc(Cl)c(Oc2ncc(N)cc2C(N)=O)c1. The molecule has 0 saturated carbocycles. The molecule has 0 spiro atoms. The van der Waals surface area contributed by atoms with Crippen molar-refractivity contribution in [3.05, 3.63) is 46.6 Å². The van der Waals surface area contributed by atoms with Crippen LogP contribution in [0.2, 0.25) is 5.02 Å². The fraction of sp³-hybridized carbons (Fsp3) is 0.0769. The van der Waals surface area contributed by atoms with Crippen molar-refractivity contribution in [1.29, 1.82) is 0 Å². The van der Waals surface area contributed by atoms with Crippen LogP contribution in [0.25, 0.3) is 0 Å². The Bertz CT molecular complexity index is 644. The summed E-state index contributed by atoms with van der Waals surface area (Å²) in [6.07, 6.45) is 1.38. The van der Waals surface area contributed by atoms with Gasteiger partial charge in [0.05, 0.1) is 16.9 Å². The van der Waals surface area contributed by atoms with Gasteiger partial charge in [-0.05, 0) is 30.7 Å². The van der Waals surface area contributed by atoms with E-state index in [4.69, 9.17) is 27.8 Å². The molecular formula is C13H12ClN3O2. The first-order valence-electron chi connectivity index (χ1n) is 5.46. The van der Waals surface area contributed by atoms with E-state index in [0.717, 1.165) is 5.56 Å². The largest absolute Gasteiger partial charge is 0.437 e. The van der Waals surface area contributed by atoms with Gasteiger partial charge in [-0.15, -0.1) is 0 Å². The minimum Gasteiger partial charge on any atom is -0.437 e. The van der Waals surface area contributed by atoms with Crippen LogP contribution in [0.15, 0.2) is 30.5 Å². The number of aromatic nitrogens is 1. The summed E-state index contributed by atoms with van der Waals surface area (Å²) in [5.41, 5.74) is 12.2. The maximum absolute atomic E-state index is 11.3. The molecule has 5 nitrogen and oxygen atoms in total. The summed E-state index contributed by atoms with van der Waals surface area (Å²) in [5, 5.41) is 0.416. The lowest BCUT2D eigenvalue weighted by molar-refractivity contribution is 0.0997. The molecular weight excluding hydrogens is 266 g/mol. The van der Waals surface area contributed by atoms with Crippen molar-refractivity contribution in [2.75, 3.05) is 5.73 Å². The standard InChI is InChI=1S/C13H12ClN3O2/c1-7-2-3-10(14)11(4-7)19-13-9(12(16)18)5-8(15)6-17-13/h2-6H,15H2,1H3,(H2,16,18). The summed E-state index contributed by atoms with van der Waals surface area (Å²) in [6.45, 7) is 1.90. The Kier molecular flexibility index (Phi) is 3.57. The minimum absolute atomic E-state index is 0.0780. The Labute approximate surface area is 115 Å². The highest BCUT2D eigenvalue weighted by molar-refractivity contribution is 6.32. The van der Waals surface area contributed by atoms with E-state index >= 15 is 0 Å². The number of halogens is 1. The molecule has 4 N–H and O–H groups in total. The smallest absolute Gasteiger partial charge is 0.254 e. The second-order valence-electron chi connectivity index (χ2n) is 4.02. The first kappa shape index (κ1) is 13.2. The van der Waals surface area contributed by atoms with E-state index in [1.54, 1.807) is 12.1 Å². The fourth-order valence-electron chi connectivity index (χ4n) is 1.52. The van der Waals surface area contributed by atoms with Gasteiger partial charge in [0.1, 0.15) is 11.3 Å². The third kappa shape index (κ3) is 2.95. The summed E-state index contributed by atoms with van der Waals surface area (Å²) in [7, 11) is 0. The van der Waals surface area contributed by atoms with Crippen molar-refractivity contribution < 1.29 is 9.53 Å². The van der Waals surface area contributed by atoms with Crippen molar-refractivity contribution in [2.24, 2.45) is 5.73 Å². The highest BCUT2D eigenvalue weighted by Crippen LogP contribution is 2.31. The average molecular weight is 278 g/mol. The van der Waals surface area contributed by atoms with Crippen LogP contribution in [-0.2, 0) is 0 Å². The van der Waals surface area contributed by atoms with Crippen LogP contribution < -0.4 is 16.2 Å². The topological polar surface area (TPSA) is 91.2 Å². The van der Waals surface area contributed by atoms with Gasteiger partial charge in [0.25, 0.3) is 5.91 Å². The Hall–Kier alpha value is -2.27. The molecule has 1 aromatic heterocycles. The fourth-order valence-corrected chi connectivity index (χ4v) is 1.68. The zero-order valence-corrected chi connectivity index (χ0v) is 10.9. The molecule has 0 bridgehead atoms. The van der Waals surface area contributed by atoms with E-state index in [1.807, 2.05) is 13.0 Å². The lowest BCUT2D eigenvalue weighted by Gasteiger charge is -2.10. The number of nitrogens with two attached hydrogens (primary N) is 2. The molecule has 2 aromatic rings. The molecule has 98 valence electrons. The number of primary amides is 1. The summed E-state index contributed by atoms with van der Waals surface area (Å²) in [6, 6.07) is 6.70. The Morgan fingerprint density at radius 3 is 2.79 bits per heavy atom. The predicted molar refractivity (Wildman–Crippen MR) is 73.4 cm³/mol. The molecule has 0 aliphatic carbocycles. The maximum atomic E-state index is 11.3. The molecule has 0 radical (unpaired) electrons. The number of carbonyl (C=O) groups excluding carboxylic acids is 1. The summed E-state index contributed by atoms with van der Waals surface area (Å²) in [5.74, 6) is -0.186. The van der Waals surface area contributed by atoms with Gasteiger partial charge in [0.2, 0.25) is 5.88 Å². The first-order chi connectivity index (χ1) is 8.97. The Morgan fingerprint density at radius 2 is 2.11 bits per heavy atom. The highest BCUT2D eigenvalue weighted by Gasteiger charge is 2.14. The van der Waals surface area contributed by atoms with Gasteiger partial charge in [0, 0.05) is 0 Å². The number of anilines is 1. The zero-order valence-electron chi connectivity index (χ0n) is 10.2. The molecule has 1 heterocycles. The molecule has 2 rings (SSSR count). The molecule has 0 aliphatic rings. The quantitative estimate of drug-likeness (QED) is 0.902.